The van der Waals surface area contributed by atoms with Crippen molar-refractivity contribution in [3.05, 3.63) is 0 Å². The predicted molar refractivity (Wildman–Crippen MR) is 52.9 cm³/mol. The van der Waals surface area contributed by atoms with Crippen LogP contribution >= 0.6 is 0 Å². The van der Waals surface area contributed by atoms with E-state index >= 15 is 0 Å². The van der Waals surface area contributed by atoms with Crippen molar-refractivity contribution in [1.29, 1.82) is 0 Å². The average Bonchev–Trinajstić information content (AvgIpc) is 2.20. The second kappa shape index (κ2) is 6.79. The van der Waals surface area contributed by atoms with E-state index in [2.05, 4.69) is 5.32 Å². The van der Waals surface area contributed by atoms with Gasteiger partial charge < -0.3 is 15.2 Å². The van der Waals surface area contributed by atoms with Crippen molar-refractivity contribution in [3.63, 3.8) is 0 Å². The molecule has 1 heterocycles. The normalized spacial score (nSPS) is 18.1. The predicted octanol–water partition coefficient (Wildman–Crippen LogP) is 0.302. The minimum atomic E-state index is 0.102. The first-order chi connectivity index (χ1) is 6.83. The van der Waals surface area contributed by atoms with Crippen molar-refractivity contribution >= 4 is 5.91 Å². The molecule has 1 amide bonds. The average molecular weight is 201 g/mol. The molecule has 1 fully saturated rings. The van der Waals surface area contributed by atoms with Gasteiger partial charge in [0, 0.05) is 32.8 Å². The fourth-order valence-corrected chi connectivity index (χ4v) is 1.59. The van der Waals surface area contributed by atoms with Crippen LogP contribution < -0.4 is 5.32 Å². The largest absolute Gasteiger partial charge is 0.396 e. The van der Waals surface area contributed by atoms with Gasteiger partial charge in [-0.2, -0.15) is 0 Å². The number of aliphatic hydroxyl groups excluding tert-OH is 1. The molecule has 14 heavy (non-hydrogen) atoms. The smallest absolute Gasteiger partial charge is 0.220 e. The van der Waals surface area contributed by atoms with E-state index in [4.69, 9.17) is 9.84 Å². The highest BCUT2D eigenvalue weighted by Crippen LogP contribution is 2.17. The van der Waals surface area contributed by atoms with Crippen molar-refractivity contribution in [2.75, 3.05) is 26.4 Å². The maximum absolute atomic E-state index is 11.4. The third-order valence-electron chi connectivity index (χ3n) is 2.47. The van der Waals surface area contributed by atoms with Gasteiger partial charge in [-0.15, -0.1) is 0 Å². The first-order valence-electron chi connectivity index (χ1n) is 5.28. The SMILES string of the molecule is O=C(CC1CCOCC1)NCCCO. The van der Waals surface area contributed by atoms with Crippen LogP contribution in [-0.4, -0.2) is 37.4 Å². The zero-order valence-electron chi connectivity index (χ0n) is 8.50. The summed E-state index contributed by atoms with van der Waals surface area (Å²) in [6, 6.07) is 0. The van der Waals surface area contributed by atoms with Crippen LogP contribution in [0.1, 0.15) is 25.7 Å². The van der Waals surface area contributed by atoms with Gasteiger partial charge in [-0.25, -0.2) is 0 Å². The summed E-state index contributed by atoms with van der Waals surface area (Å²) in [5.41, 5.74) is 0. The van der Waals surface area contributed by atoms with Gasteiger partial charge in [0.25, 0.3) is 0 Å². The molecule has 2 N–H and O–H groups in total. The first kappa shape index (κ1) is 11.5. The lowest BCUT2D eigenvalue weighted by Gasteiger charge is -2.21. The fraction of sp³-hybridized carbons (Fsp3) is 0.900. The molecule has 0 spiro atoms. The molecule has 0 atom stereocenters. The summed E-state index contributed by atoms with van der Waals surface area (Å²) in [5.74, 6) is 0.586. The van der Waals surface area contributed by atoms with Crippen LogP contribution in [0.2, 0.25) is 0 Å². The van der Waals surface area contributed by atoms with Gasteiger partial charge in [-0.3, -0.25) is 4.79 Å². The second-order valence-corrected chi connectivity index (χ2v) is 3.69. The third-order valence-corrected chi connectivity index (χ3v) is 2.47. The lowest BCUT2D eigenvalue weighted by molar-refractivity contribution is -0.122. The van der Waals surface area contributed by atoms with Crippen LogP contribution in [-0.2, 0) is 9.53 Å². The molecule has 0 saturated carbocycles. The number of hydrogen-bond donors (Lipinski definition) is 2. The topological polar surface area (TPSA) is 58.6 Å². The molecule has 1 aliphatic heterocycles. The van der Waals surface area contributed by atoms with Crippen LogP contribution in [0.4, 0.5) is 0 Å². The molecule has 0 radical (unpaired) electrons. The molecular weight excluding hydrogens is 182 g/mol. The Bertz CT molecular complexity index is 167. The number of aliphatic hydroxyl groups is 1. The fourth-order valence-electron chi connectivity index (χ4n) is 1.59. The van der Waals surface area contributed by atoms with Crippen molar-refractivity contribution in [3.8, 4) is 0 Å². The van der Waals surface area contributed by atoms with E-state index in [0.29, 0.717) is 25.3 Å². The Morgan fingerprint density at radius 2 is 2.14 bits per heavy atom. The standard InChI is InChI=1S/C10H19NO3/c12-5-1-4-11-10(13)8-9-2-6-14-7-3-9/h9,12H,1-8H2,(H,11,13). The monoisotopic (exact) mass is 201 g/mol. The van der Waals surface area contributed by atoms with E-state index in [1.165, 1.54) is 0 Å². The third kappa shape index (κ3) is 4.58. The molecule has 0 unspecified atom stereocenters. The van der Waals surface area contributed by atoms with Gasteiger partial charge in [-0.1, -0.05) is 0 Å². The summed E-state index contributed by atoms with van der Waals surface area (Å²) < 4.78 is 5.22. The van der Waals surface area contributed by atoms with E-state index in [-0.39, 0.29) is 12.5 Å². The molecule has 0 aromatic heterocycles. The molecule has 1 aliphatic rings. The van der Waals surface area contributed by atoms with Gasteiger partial charge in [0.2, 0.25) is 5.91 Å². The molecule has 4 heteroatoms. The lowest BCUT2D eigenvalue weighted by Crippen LogP contribution is -2.29. The Balaban J connectivity index is 2.06. The van der Waals surface area contributed by atoms with E-state index in [1.54, 1.807) is 0 Å². The molecule has 4 nitrogen and oxygen atoms in total. The van der Waals surface area contributed by atoms with Crippen LogP contribution in [0.5, 0.6) is 0 Å². The van der Waals surface area contributed by atoms with Gasteiger partial charge in [0.15, 0.2) is 0 Å². The van der Waals surface area contributed by atoms with E-state index in [9.17, 15) is 4.79 Å². The van der Waals surface area contributed by atoms with Crippen LogP contribution in [0, 0.1) is 5.92 Å². The number of ether oxygens (including phenoxy) is 1. The second-order valence-electron chi connectivity index (χ2n) is 3.69. The molecule has 0 aliphatic carbocycles. The first-order valence-corrected chi connectivity index (χ1v) is 5.28. The Morgan fingerprint density at radius 3 is 2.79 bits per heavy atom. The Kier molecular flexibility index (Phi) is 5.56. The summed E-state index contributed by atoms with van der Waals surface area (Å²) in [6.07, 6.45) is 3.23. The van der Waals surface area contributed by atoms with E-state index < -0.39 is 0 Å². The van der Waals surface area contributed by atoms with Gasteiger partial charge >= 0.3 is 0 Å². The van der Waals surface area contributed by atoms with Crippen LogP contribution in [0.25, 0.3) is 0 Å². The number of carbonyl (C=O) groups excluding carboxylic acids is 1. The zero-order valence-corrected chi connectivity index (χ0v) is 8.50. The number of carbonyl (C=O) groups is 1. The lowest BCUT2D eigenvalue weighted by atomic mass is 9.96. The summed E-state index contributed by atoms with van der Waals surface area (Å²) in [4.78, 5) is 11.4. The maximum atomic E-state index is 11.4. The molecule has 1 rings (SSSR count). The highest BCUT2D eigenvalue weighted by molar-refractivity contribution is 5.76. The highest BCUT2D eigenvalue weighted by atomic mass is 16.5. The molecule has 0 bridgehead atoms. The number of amides is 1. The number of nitrogens with one attached hydrogen (secondary N) is 1. The summed E-state index contributed by atoms with van der Waals surface area (Å²) in [6.45, 7) is 2.29. The zero-order chi connectivity index (χ0) is 10.2. The van der Waals surface area contributed by atoms with Crippen molar-refractivity contribution < 1.29 is 14.6 Å². The summed E-state index contributed by atoms with van der Waals surface area (Å²) in [5, 5.41) is 11.3. The van der Waals surface area contributed by atoms with E-state index in [1.807, 2.05) is 0 Å². The molecule has 82 valence electrons. The van der Waals surface area contributed by atoms with Crippen molar-refractivity contribution in [1.82, 2.24) is 5.32 Å². The number of rotatable bonds is 5. The number of hydrogen-bond acceptors (Lipinski definition) is 3. The van der Waals surface area contributed by atoms with Gasteiger partial charge in [0.05, 0.1) is 0 Å². The summed E-state index contributed by atoms with van der Waals surface area (Å²) in [7, 11) is 0. The Hall–Kier alpha value is -0.610. The van der Waals surface area contributed by atoms with E-state index in [0.717, 1.165) is 26.1 Å². The van der Waals surface area contributed by atoms with Crippen LogP contribution in [0.15, 0.2) is 0 Å². The van der Waals surface area contributed by atoms with Crippen molar-refractivity contribution in [2.45, 2.75) is 25.7 Å². The Morgan fingerprint density at radius 1 is 1.43 bits per heavy atom. The highest BCUT2D eigenvalue weighted by Gasteiger charge is 2.16. The quantitative estimate of drug-likeness (QED) is 0.629. The Labute approximate surface area is 84.6 Å². The van der Waals surface area contributed by atoms with Gasteiger partial charge in [-0.05, 0) is 25.2 Å². The molecule has 0 aromatic carbocycles. The maximum Gasteiger partial charge on any atom is 0.220 e. The summed E-state index contributed by atoms with van der Waals surface area (Å²) >= 11 is 0. The molecule has 1 saturated heterocycles. The van der Waals surface area contributed by atoms with Gasteiger partial charge in [0.1, 0.15) is 0 Å². The molecular formula is C10H19NO3. The minimum Gasteiger partial charge on any atom is -0.396 e. The van der Waals surface area contributed by atoms with Crippen molar-refractivity contribution in [2.24, 2.45) is 5.92 Å². The minimum absolute atomic E-state index is 0.102. The van der Waals surface area contributed by atoms with Crippen LogP contribution in [0.3, 0.4) is 0 Å². The molecule has 0 aromatic rings.